The lowest BCUT2D eigenvalue weighted by atomic mass is 10.1. The van der Waals surface area contributed by atoms with Gasteiger partial charge in [0.2, 0.25) is 0 Å². The number of H-pyrrole nitrogens is 1. The average molecular weight is 289 g/mol. The molecule has 0 aliphatic rings. The third kappa shape index (κ3) is 4.32. The van der Waals surface area contributed by atoms with Crippen molar-refractivity contribution in [2.45, 2.75) is 26.1 Å². The van der Waals surface area contributed by atoms with Crippen LogP contribution < -0.4 is 10.1 Å². The van der Waals surface area contributed by atoms with E-state index in [4.69, 9.17) is 4.74 Å². The lowest BCUT2D eigenvalue weighted by molar-refractivity contribution is 0.0911. The van der Waals surface area contributed by atoms with Gasteiger partial charge in [0.25, 0.3) is 5.91 Å². The molecule has 1 unspecified atom stereocenters. The molecule has 1 aromatic heterocycles. The first-order chi connectivity index (χ1) is 10.1. The van der Waals surface area contributed by atoms with E-state index < -0.39 is 6.10 Å². The Morgan fingerprint density at radius 3 is 2.62 bits per heavy atom. The van der Waals surface area contributed by atoms with Gasteiger partial charge in [-0.15, -0.1) is 0 Å². The highest BCUT2D eigenvalue weighted by Crippen LogP contribution is 2.18. The zero-order valence-electron chi connectivity index (χ0n) is 12.0. The predicted molar refractivity (Wildman–Crippen MR) is 78.1 cm³/mol. The molecule has 0 radical (unpaired) electrons. The fourth-order valence-electron chi connectivity index (χ4n) is 1.83. The number of hydrogen-bond donors (Lipinski definition) is 3. The maximum Gasteiger partial charge on any atom is 0.269 e. The molecular weight excluding hydrogens is 270 g/mol. The van der Waals surface area contributed by atoms with Crippen LogP contribution in [-0.2, 0) is 0 Å². The average Bonchev–Trinajstić information content (AvgIpc) is 2.99. The number of rotatable bonds is 6. The molecule has 0 aliphatic heterocycles. The number of hydrogen-bond acceptors (Lipinski definition) is 4. The number of ether oxygens (including phenoxy) is 1. The van der Waals surface area contributed by atoms with Crippen LogP contribution in [0, 0.1) is 0 Å². The van der Waals surface area contributed by atoms with Crippen LogP contribution in [0.5, 0.6) is 5.75 Å². The van der Waals surface area contributed by atoms with Gasteiger partial charge in [-0.2, -0.15) is 5.10 Å². The van der Waals surface area contributed by atoms with Crippen LogP contribution in [-0.4, -0.2) is 33.9 Å². The molecule has 3 N–H and O–H groups in total. The Balaban J connectivity index is 1.88. The second-order valence-electron chi connectivity index (χ2n) is 4.93. The van der Waals surface area contributed by atoms with Crippen molar-refractivity contribution in [3.05, 3.63) is 47.8 Å². The number of carbonyl (C=O) groups excluding carboxylic acids is 1. The maximum atomic E-state index is 11.7. The first kappa shape index (κ1) is 15.1. The van der Waals surface area contributed by atoms with E-state index in [1.807, 2.05) is 13.8 Å². The number of carbonyl (C=O) groups is 1. The molecule has 2 rings (SSSR count). The molecule has 0 saturated carbocycles. The number of aromatic nitrogens is 2. The number of benzene rings is 1. The molecule has 1 aromatic carbocycles. The minimum absolute atomic E-state index is 0.106. The number of aliphatic hydroxyl groups is 1. The van der Waals surface area contributed by atoms with Gasteiger partial charge in [-0.05, 0) is 37.6 Å². The van der Waals surface area contributed by atoms with Crippen molar-refractivity contribution >= 4 is 5.91 Å². The lowest BCUT2D eigenvalue weighted by Gasteiger charge is -2.14. The summed E-state index contributed by atoms with van der Waals surface area (Å²) in [5, 5.41) is 19.0. The molecule has 112 valence electrons. The molecule has 0 fully saturated rings. The Morgan fingerprint density at radius 1 is 1.33 bits per heavy atom. The van der Waals surface area contributed by atoms with E-state index in [0.29, 0.717) is 5.69 Å². The van der Waals surface area contributed by atoms with Gasteiger partial charge in [-0.25, -0.2) is 0 Å². The van der Waals surface area contributed by atoms with Gasteiger partial charge >= 0.3 is 0 Å². The molecule has 1 heterocycles. The number of nitrogens with zero attached hydrogens (tertiary/aromatic N) is 1. The van der Waals surface area contributed by atoms with Crippen LogP contribution in [0.25, 0.3) is 0 Å². The minimum Gasteiger partial charge on any atom is -0.491 e. The molecule has 0 bridgehead atoms. The van der Waals surface area contributed by atoms with Crippen LogP contribution in [0.4, 0.5) is 0 Å². The van der Waals surface area contributed by atoms with Gasteiger partial charge in [0.05, 0.1) is 12.2 Å². The second kappa shape index (κ2) is 6.90. The van der Waals surface area contributed by atoms with Gasteiger partial charge in [0, 0.05) is 12.7 Å². The van der Waals surface area contributed by atoms with Crippen LogP contribution in [0.15, 0.2) is 36.5 Å². The first-order valence-electron chi connectivity index (χ1n) is 6.78. The molecule has 0 aliphatic carbocycles. The molecule has 0 saturated heterocycles. The van der Waals surface area contributed by atoms with Gasteiger partial charge < -0.3 is 15.2 Å². The lowest BCUT2D eigenvalue weighted by Crippen LogP contribution is -2.28. The van der Waals surface area contributed by atoms with Crippen molar-refractivity contribution in [1.82, 2.24) is 15.5 Å². The second-order valence-corrected chi connectivity index (χ2v) is 4.93. The zero-order chi connectivity index (χ0) is 15.2. The largest absolute Gasteiger partial charge is 0.491 e. The number of amides is 1. The van der Waals surface area contributed by atoms with E-state index in [2.05, 4.69) is 15.5 Å². The summed E-state index contributed by atoms with van der Waals surface area (Å²) in [4.78, 5) is 11.7. The standard InChI is InChI=1S/C15H19N3O3/c1-10(2)21-12-5-3-11(4-6-12)14(19)9-16-15(20)13-7-8-17-18-13/h3-8,10,14,19H,9H2,1-2H3,(H,16,20)(H,17,18). The summed E-state index contributed by atoms with van der Waals surface area (Å²) < 4.78 is 5.53. The van der Waals surface area contributed by atoms with E-state index in [1.165, 1.54) is 6.20 Å². The Labute approximate surface area is 123 Å². The van der Waals surface area contributed by atoms with Crippen LogP contribution in [0.2, 0.25) is 0 Å². The molecule has 6 nitrogen and oxygen atoms in total. The van der Waals surface area contributed by atoms with Crippen molar-refractivity contribution in [2.24, 2.45) is 0 Å². The van der Waals surface area contributed by atoms with Gasteiger partial charge in [0.1, 0.15) is 11.4 Å². The highest BCUT2D eigenvalue weighted by Gasteiger charge is 2.11. The normalized spacial score (nSPS) is 12.2. The summed E-state index contributed by atoms with van der Waals surface area (Å²) >= 11 is 0. The summed E-state index contributed by atoms with van der Waals surface area (Å²) in [6, 6.07) is 8.74. The molecule has 1 amide bonds. The fourth-order valence-corrected chi connectivity index (χ4v) is 1.83. The summed E-state index contributed by atoms with van der Waals surface area (Å²) in [7, 11) is 0. The minimum atomic E-state index is -0.773. The van der Waals surface area contributed by atoms with Crippen LogP contribution >= 0.6 is 0 Å². The number of aromatic amines is 1. The van der Waals surface area contributed by atoms with E-state index in [-0.39, 0.29) is 18.6 Å². The number of aliphatic hydroxyl groups excluding tert-OH is 1. The van der Waals surface area contributed by atoms with Crippen molar-refractivity contribution in [1.29, 1.82) is 0 Å². The van der Waals surface area contributed by atoms with E-state index in [1.54, 1.807) is 30.3 Å². The van der Waals surface area contributed by atoms with Crippen molar-refractivity contribution < 1.29 is 14.6 Å². The van der Waals surface area contributed by atoms with Gasteiger partial charge in [0.15, 0.2) is 0 Å². The van der Waals surface area contributed by atoms with Crippen LogP contribution in [0.1, 0.15) is 36.0 Å². The van der Waals surface area contributed by atoms with Gasteiger partial charge in [-0.1, -0.05) is 12.1 Å². The molecular formula is C15H19N3O3. The third-order valence-electron chi connectivity index (χ3n) is 2.84. The molecule has 6 heteroatoms. The van der Waals surface area contributed by atoms with E-state index in [0.717, 1.165) is 11.3 Å². The van der Waals surface area contributed by atoms with E-state index >= 15 is 0 Å². The highest BCUT2D eigenvalue weighted by atomic mass is 16.5. The summed E-state index contributed by atoms with van der Waals surface area (Å²) in [5.41, 5.74) is 1.08. The highest BCUT2D eigenvalue weighted by molar-refractivity contribution is 5.92. The third-order valence-corrected chi connectivity index (χ3v) is 2.84. The summed E-state index contributed by atoms with van der Waals surface area (Å²) in [6.07, 6.45) is 0.832. The molecule has 1 atom stereocenters. The van der Waals surface area contributed by atoms with Crippen molar-refractivity contribution in [3.63, 3.8) is 0 Å². The predicted octanol–water partition coefficient (Wildman–Crippen LogP) is 1.66. The Hall–Kier alpha value is -2.34. The maximum absolute atomic E-state index is 11.7. The molecule has 0 spiro atoms. The fraction of sp³-hybridized carbons (Fsp3) is 0.333. The van der Waals surface area contributed by atoms with Crippen LogP contribution in [0.3, 0.4) is 0 Å². The Bertz CT molecular complexity index is 564. The Kier molecular flexibility index (Phi) is 4.94. The summed E-state index contributed by atoms with van der Waals surface area (Å²) in [6.45, 7) is 4.03. The first-order valence-corrected chi connectivity index (χ1v) is 6.78. The van der Waals surface area contributed by atoms with E-state index in [9.17, 15) is 9.90 Å². The molecule has 2 aromatic rings. The zero-order valence-corrected chi connectivity index (χ0v) is 12.0. The summed E-state index contributed by atoms with van der Waals surface area (Å²) in [5.74, 6) is 0.453. The monoisotopic (exact) mass is 289 g/mol. The smallest absolute Gasteiger partial charge is 0.269 e. The van der Waals surface area contributed by atoms with Gasteiger partial charge in [-0.3, -0.25) is 9.89 Å². The molecule has 21 heavy (non-hydrogen) atoms. The Morgan fingerprint density at radius 2 is 2.05 bits per heavy atom. The van der Waals surface area contributed by atoms with Crippen molar-refractivity contribution in [3.8, 4) is 5.75 Å². The topological polar surface area (TPSA) is 87.2 Å². The quantitative estimate of drug-likeness (QED) is 0.754. The SMILES string of the molecule is CC(C)Oc1ccc(C(O)CNC(=O)c2ccn[nH]2)cc1. The van der Waals surface area contributed by atoms with Crippen molar-refractivity contribution in [2.75, 3.05) is 6.54 Å². The number of nitrogens with one attached hydrogen (secondary N) is 2.